The lowest BCUT2D eigenvalue weighted by molar-refractivity contribution is -0.141. The third kappa shape index (κ3) is 7.97. The number of para-hydroxylation sites is 1. The number of hydrogen-bond donors (Lipinski definition) is 1. The van der Waals surface area contributed by atoms with Crippen molar-refractivity contribution in [3.05, 3.63) is 125 Å². The molecule has 10 heteroatoms. The first-order valence-corrected chi connectivity index (χ1v) is 15.3. The molecule has 1 aromatic heterocycles. The number of dihydropyridines is 1. The molecule has 1 N–H and O–H groups in total. The second-order valence-electron chi connectivity index (χ2n) is 10.9. The standard InChI is InChI=1S/C37H39N3O7/c1-25-32(36(41)45-21-19-43-3)34(33(26(2)38-25)37(42)46-22-20-44-4)31-23-40(29-13-9-6-10-14-29)39-35(31)28-15-17-30(18-16-28)47-24-27-11-7-5-8-12-27/h5-18,23,34,38H,19-22,24H2,1-4H3. The molecule has 5 rings (SSSR count). The summed E-state index contributed by atoms with van der Waals surface area (Å²) in [5.74, 6) is -1.31. The molecule has 2 heterocycles. The van der Waals surface area contributed by atoms with Crippen LogP contribution in [0.4, 0.5) is 0 Å². The number of methoxy groups -OCH3 is 2. The number of aromatic nitrogens is 2. The summed E-state index contributed by atoms with van der Waals surface area (Å²) >= 11 is 0. The van der Waals surface area contributed by atoms with E-state index in [1.807, 2.05) is 91.1 Å². The van der Waals surface area contributed by atoms with Gasteiger partial charge in [0.15, 0.2) is 0 Å². The zero-order chi connectivity index (χ0) is 33.2. The van der Waals surface area contributed by atoms with Gasteiger partial charge in [0.1, 0.15) is 25.6 Å². The molecule has 0 spiro atoms. The van der Waals surface area contributed by atoms with Crippen molar-refractivity contribution in [2.75, 3.05) is 40.6 Å². The van der Waals surface area contributed by atoms with E-state index in [1.54, 1.807) is 18.5 Å². The Labute approximate surface area is 274 Å². The largest absolute Gasteiger partial charge is 0.489 e. The first-order chi connectivity index (χ1) is 22.9. The fraction of sp³-hybridized carbons (Fsp3) is 0.270. The molecule has 0 fully saturated rings. The molecule has 0 saturated carbocycles. The molecule has 0 unspecified atom stereocenters. The Bertz CT molecular complexity index is 1680. The van der Waals surface area contributed by atoms with Gasteiger partial charge in [0.25, 0.3) is 0 Å². The van der Waals surface area contributed by atoms with Crippen LogP contribution >= 0.6 is 0 Å². The Hall–Kier alpha value is -5.19. The molecule has 4 aromatic rings. The van der Waals surface area contributed by atoms with E-state index in [1.165, 1.54) is 14.2 Å². The van der Waals surface area contributed by atoms with Gasteiger partial charge < -0.3 is 29.0 Å². The van der Waals surface area contributed by atoms with Crippen LogP contribution in [0.15, 0.2) is 114 Å². The number of nitrogens with one attached hydrogen (secondary N) is 1. The van der Waals surface area contributed by atoms with E-state index in [0.29, 0.717) is 35.0 Å². The van der Waals surface area contributed by atoms with Crippen LogP contribution in [0.1, 0.15) is 30.9 Å². The molecular formula is C37H39N3O7. The van der Waals surface area contributed by atoms with Gasteiger partial charge in [0, 0.05) is 42.9 Å². The van der Waals surface area contributed by atoms with Gasteiger partial charge in [-0.25, -0.2) is 14.3 Å². The highest BCUT2D eigenvalue weighted by molar-refractivity contribution is 6.00. The molecule has 1 aliphatic heterocycles. The minimum atomic E-state index is -0.859. The van der Waals surface area contributed by atoms with Crippen molar-refractivity contribution >= 4 is 11.9 Å². The molecule has 244 valence electrons. The molecule has 0 aliphatic carbocycles. The molecule has 0 atom stereocenters. The van der Waals surface area contributed by atoms with Crippen molar-refractivity contribution in [2.24, 2.45) is 0 Å². The predicted molar refractivity (Wildman–Crippen MR) is 177 cm³/mol. The highest BCUT2D eigenvalue weighted by Crippen LogP contribution is 2.43. The summed E-state index contributed by atoms with van der Waals surface area (Å²) in [5.41, 5.74) is 5.54. The minimum absolute atomic E-state index is 0.0513. The second kappa shape index (κ2) is 15.9. The highest BCUT2D eigenvalue weighted by Gasteiger charge is 2.40. The molecule has 0 amide bonds. The Kier molecular flexibility index (Phi) is 11.2. The summed E-state index contributed by atoms with van der Waals surface area (Å²) in [6.45, 7) is 4.57. The van der Waals surface area contributed by atoms with Gasteiger partial charge in [-0.05, 0) is 55.8 Å². The first kappa shape index (κ1) is 33.2. The lowest BCUT2D eigenvalue weighted by Crippen LogP contribution is -2.33. The van der Waals surface area contributed by atoms with Crippen LogP contribution < -0.4 is 10.1 Å². The molecule has 0 radical (unpaired) electrons. The van der Waals surface area contributed by atoms with Crippen molar-refractivity contribution in [2.45, 2.75) is 26.4 Å². The molecular weight excluding hydrogens is 598 g/mol. The van der Waals surface area contributed by atoms with Crippen LogP contribution in [0.2, 0.25) is 0 Å². The van der Waals surface area contributed by atoms with Crippen LogP contribution in [0.25, 0.3) is 16.9 Å². The quantitative estimate of drug-likeness (QED) is 0.137. The molecule has 0 bridgehead atoms. The number of rotatable bonds is 14. The first-order valence-electron chi connectivity index (χ1n) is 15.3. The zero-order valence-electron chi connectivity index (χ0n) is 27.0. The van der Waals surface area contributed by atoms with E-state index in [0.717, 1.165) is 16.8 Å². The number of esters is 2. The Morgan fingerprint density at radius 2 is 1.30 bits per heavy atom. The third-order valence-corrected chi connectivity index (χ3v) is 7.69. The predicted octanol–water partition coefficient (Wildman–Crippen LogP) is 5.73. The van der Waals surface area contributed by atoms with Gasteiger partial charge in [-0.2, -0.15) is 5.10 Å². The summed E-state index contributed by atoms with van der Waals surface area (Å²) in [6.07, 6.45) is 1.85. The summed E-state index contributed by atoms with van der Waals surface area (Å²) in [7, 11) is 3.07. The van der Waals surface area contributed by atoms with Crippen LogP contribution in [-0.4, -0.2) is 62.4 Å². The summed E-state index contributed by atoms with van der Waals surface area (Å²) in [4.78, 5) is 27.5. The normalized spacial score (nSPS) is 13.4. The van der Waals surface area contributed by atoms with Crippen molar-refractivity contribution in [1.29, 1.82) is 0 Å². The zero-order valence-corrected chi connectivity index (χ0v) is 27.0. The van der Waals surface area contributed by atoms with E-state index < -0.39 is 17.9 Å². The lowest BCUT2D eigenvalue weighted by atomic mass is 9.79. The second-order valence-corrected chi connectivity index (χ2v) is 10.9. The molecule has 3 aromatic carbocycles. The van der Waals surface area contributed by atoms with Crippen LogP contribution in [0.5, 0.6) is 5.75 Å². The summed E-state index contributed by atoms with van der Waals surface area (Å²) in [6, 6.07) is 27.2. The number of carbonyl (C=O) groups is 2. The van der Waals surface area contributed by atoms with Crippen molar-refractivity contribution < 1.29 is 33.3 Å². The van der Waals surface area contributed by atoms with Gasteiger partial charge in [0.05, 0.1) is 41.7 Å². The average molecular weight is 638 g/mol. The summed E-state index contributed by atoms with van der Waals surface area (Å²) in [5, 5.41) is 8.21. The van der Waals surface area contributed by atoms with E-state index in [4.69, 9.17) is 28.8 Å². The number of carbonyl (C=O) groups excluding carboxylic acids is 2. The molecule has 1 aliphatic rings. The van der Waals surface area contributed by atoms with E-state index in [9.17, 15) is 9.59 Å². The lowest BCUT2D eigenvalue weighted by Gasteiger charge is -2.30. The molecule has 0 saturated heterocycles. The Balaban J connectivity index is 1.61. The average Bonchev–Trinajstić information content (AvgIpc) is 3.53. The molecule has 47 heavy (non-hydrogen) atoms. The SMILES string of the molecule is COCCOC(=O)C1=C(C)NC(C)=C(C(=O)OCCOC)C1c1cn(-c2ccccc2)nc1-c1ccc(OCc2ccccc2)cc1. The number of nitrogens with zero attached hydrogens (tertiary/aromatic N) is 2. The van der Waals surface area contributed by atoms with Gasteiger partial charge in [0.2, 0.25) is 0 Å². The fourth-order valence-electron chi connectivity index (χ4n) is 5.42. The van der Waals surface area contributed by atoms with Crippen molar-refractivity contribution in [3.8, 4) is 22.7 Å². The van der Waals surface area contributed by atoms with Crippen LogP contribution in [-0.2, 0) is 35.1 Å². The molecule has 10 nitrogen and oxygen atoms in total. The Morgan fingerprint density at radius 3 is 1.85 bits per heavy atom. The van der Waals surface area contributed by atoms with Gasteiger partial charge in [-0.15, -0.1) is 0 Å². The van der Waals surface area contributed by atoms with Crippen molar-refractivity contribution in [1.82, 2.24) is 15.1 Å². The van der Waals surface area contributed by atoms with E-state index in [-0.39, 0.29) is 37.6 Å². The van der Waals surface area contributed by atoms with Crippen LogP contribution in [0, 0.1) is 0 Å². The van der Waals surface area contributed by atoms with Gasteiger partial charge in [-0.1, -0.05) is 48.5 Å². The maximum absolute atomic E-state index is 13.7. The van der Waals surface area contributed by atoms with E-state index >= 15 is 0 Å². The van der Waals surface area contributed by atoms with Crippen molar-refractivity contribution in [3.63, 3.8) is 0 Å². The van der Waals surface area contributed by atoms with Gasteiger partial charge in [-0.3, -0.25) is 0 Å². The van der Waals surface area contributed by atoms with Crippen LogP contribution in [0.3, 0.4) is 0 Å². The number of benzene rings is 3. The minimum Gasteiger partial charge on any atom is -0.489 e. The van der Waals surface area contributed by atoms with E-state index in [2.05, 4.69) is 5.32 Å². The maximum atomic E-state index is 13.7. The summed E-state index contributed by atoms with van der Waals surface area (Å²) < 4.78 is 29.2. The smallest absolute Gasteiger partial charge is 0.336 e. The van der Waals surface area contributed by atoms with Gasteiger partial charge >= 0.3 is 11.9 Å². The number of allylic oxidation sites excluding steroid dienone is 2. The number of hydrogen-bond acceptors (Lipinski definition) is 9. The monoisotopic (exact) mass is 637 g/mol. The third-order valence-electron chi connectivity index (χ3n) is 7.69. The maximum Gasteiger partial charge on any atom is 0.336 e. The topological polar surface area (TPSA) is 110 Å². The fourth-order valence-corrected chi connectivity index (χ4v) is 5.42. The number of ether oxygens (including phenoxy) is 5. The Morgan fingerprint density at radius 1 is 0.745 bits per heavy atom. The highest BCUT2D eigenvalue weighted by atomic mass is 16.6.